The van der Waals surface area contributed by atoms with Gasteiger partial charge in [0.2, 0.25) is 5.90 Å². The quantitative estimate of drug-likeness (QED) is 0.606. The predicted molar refractivity (Wildman–Crippen MR) is 77.9 cm³/mol. The standard InChI is InChI=1S/C15H17F2N3O/c1-10-6-7-14(19-9-11(8-10)20-18)21-15-12(16)4-2-3-5-13(15)17/h2-4,6-7,9-10,20H,5,8,18H2,1H3/b7-6+,11-9+,19-14+. The van der Waals surface area contributed by atoms with Crippen molar-refractivity contribution >= 4 is 5.90 Å². The molecule has 0 amide bonds. The van der Waals surface area contributed by atoms with E-state index in [0.29, 0.717) is 12.1 Å². The van der Waals surface area contributed by atoms with Gasteiger partial charge >= 0.3 is 0 Å². The molecule has 4 nitrogen and oxygen atoms in total. The van der Waals surface area contributed by atoms with E-state index in [0.717, 1.165) is 6.08 Å². The summed E-state index contributed by atoms with van der Waals surface area (Å²) in [5.41, 5.74) is 3.25. The van der Waals surface area contributed by atoms with Crippen LogP contribution in [0.25, 0.3) is 0 Å². The highest BCUT2D eigenvalue weighted by atomic mass is 19.1. The zero-order valence-electron chi connectivity index (χ0n) is 11.6. The average molecular weight is 293 g/mol. The lowest BCUT2D eigenvalue weighted by Crippen LogP contribution is -2.22. The summed E-state index contributed by atoms with van der Waals surface area (Å²) in [5, 5.41) is 0. The fourth-order valence-electron chi connectivity index (χ4n) is 1.89. The Morgan fingerprint density at radius 1 is 1.43 bits per heavy atom. The maximum absolute atomic E-state index is 13.8. The number of nitrogens with zero attached hydrogens (tertiary/aromatic N) is 1. The molecule has 1 heterocycles. The summed E-state index contributed by atoms with van der Waals surface area (Å²) < 4.78 is 32.9. The van der Waals surface area contributed by atoms with Crippen LogP contribution in [0.15, 0.2) is 64.7 Å². The highest BCUT2D eigenvalue weighted by Crippen LogP contribution is 2.25. The molecule has 0 fully saturated rings. The zero-order chi connectivity index (χ0) is 15.2. The lowest BCUT2D eigenvalue weighted by molar-refractivity contribution is 0.367. The van der Waals surface area contributed by atoms with Gasteiger partial charge in [0.25, 0.3) is 0 Å². The summed E-state index contributed by atoms with van der Waals surface area (Å²) in [4.78, 5) is 4.05. The average Bonchev–Trinajstić information content (AvgIpc) is 2.60. The maximum atomic E-state index is 13.8. The topological polar surface area (TPSA) is 59.6 Å². The molecule has 0 aromatic rings. The number of halogens is 2. The van der Waals surface area contributed by atoms with E-state index in [9.17, 15) is 8.78 Å². The first-order chi connectivity index (χ1) is 10.1. The molecule has 6 heteroatoms. The van der Waals surface area contributed by atoms with Crippen LogP contribution in [0.3, 0.4) is 0 Å². The predicted octanol–water partition coefficient (Wildman–Crippen LogP) is 3.30. The van der Waals surface area contributed by atoms with Crippen LogP contribution in [0, 0.1) is 5.92 Å². The molecule has 1 unspecified atom stereocenters. The van der Waals surface area contributed by atoms with Crippen molar-refractivity contribution in [1.29, 1.82) is 0 Å². The summed E-state index contributed by atoms with van der Waals surface area (Å²) in [6.07, 6.45) is 9.72. The van der Waals surface area contributed by atoms with Crippen molar-refractivity contribution < 1.29 is 13.5 Å². The Bertz CT molecular complexity index is 586. The number of hydrazine groups is 1. The number of rotatable bonds is 2. The molecule has 0 aromatic heterocycles. The first kappa shape index (κ1) is 15.2. The van der Waals surface area contributed by atoms with E-state index < -0.39 is 17.4 Å². The van der Waals surface area contributed by atoms with E-state index in [1.807, 2.05) is 13.0 Å². The van der Waals surface area contributed by atoms with Crippen molar-refractivity contribution in [2.75, 3.05) is 0 Å². The van der Waals surface area contributed by atoms with Gasteiger partial charge in [-0.3, -0.25) is 5.84 Å². The Morgan fingerprint density at radius 2 is 2.24 bits per heavy atom. The Morgan fingerprint density at radius 3 is 3.00 bits per heavy atom. The molecule has 0 saturated heterocycles. The van der Waals surface area contributed by atoms with E-state index in [-0.39, 0.29) is 18.2 Å². The molecule has 21 heavy (non-hydrogen) atoms. The van der Waals surface area contributed by atoms with Gasteiger partial charge in [-0.15, -0.1) is 0 Å². The number of allylic oxidation sites excluding steroid dienone is 7. The van der Waals surface area contributed by atoms with Gasteiger partial charge in [-0.2, -0.15) is 0 Å². The van der Waals surface area contributed by atoms with Crippen molar-refractivity contribution in [1.82, 2.24) is 5.43 Å². The van der Waals surface area contributed by atoms with Crippen LogP contribution in [0.4, 0.5) is 8.78 Å². The van der Waals surface area contributed by atoms with E-state index in [2.05, 4.69) is 10.4 Å². The first-order valence-electron chi connectivity index (χ1n) is 6.61. The molecule has 1 aliphatic heterocycles. The molecule has 0 spiro atoms. The number of hydrogen-bond donors (Lipinski definition) is 2. The van der Waals surface area contributed by atoms with E-state index in [1.54, 1.807) is 6.08 Å². The third-order valence-electron chi connectivity index (χ3n) is 2.99. The van der Waals surface area contributed by atoms with Gasteiger partial charge in [-0.1, -0.05) is 25.2 Å². The van der Waals surface area contributed by atoms with Crippen molar-refractivity contribution in [3.63, 3.8) is 0 Å². The Balaban J connectivity index is 2.27. The lowest BCUT2D eigenvalue weighted by atomic mass is 10.1. The zero-order valence-corrected chi connectivity index (χ0v) is 11.6. The summed E-state index contributed by atoms with van der Waals surface area (Å²) >= 11 is 0. The Labute approximate surface area is 122 Å². The molecule has 2 rings (SSSR count). The summed E-state index contributed by atoms with van der Waals surface area (Å²) in [7, 11) is 0. The second-order valence-electron chi connectivity index (χ2n) is 4.79. The van der Waals surface area contributed by atoms with Gasteiger partial charge in [0.15, 0.2) is 11.6 Å². The first-order valence-corrected chi connectivity index (χ1v) is 6.61. The number of nitrogens with two attached hydrogens (primary N) is 1. The molecule has 1 atom stereocenters. The lowest BCUT2D eigenvalue weighted by Gasteiger charge is -2.13. The highest BCUT2D eigenvalue weighted by Gasteiger charge is 2.17. The summed E-state index contributed by atoms with van der Waals surface area (Å²) in [6.45, 7) is 1.99. The van der Waals surface area contributed by atoms with Crippen molar-refractivity contribution in [3.8, 4) is 0 Å². The molecule has 0 saturated carbocycles. The molecule has 112 valence electrons. The van der Waals surface area contributed by atoms with E-state index in [4.69, 9.17) is 10.6 Å². The summed E-state index contributed by atoms with van der Waals surface area (Å²) in [6, 6.07) is 0. The van der Waals surface area contributed by atoms with E-state index >= 15 is 0 Å². The molecule has 0 bridgehead atoms. The fourth-order valence-corrected chi connectivity index (χ4v) is 1.89. The number of ether oxygens (including phenoxy) is 1. The van der Waals surface area contributed by atoms with Crippen molar-refractivity contribution in [3.05, 3.63) is 59.7 Å². The van der Waals surface area contributed by atoms with Gasteiger partial charge in [-0.25, -0.2) is 13.8 Å². The number of nitrogens with one attached hydrogen (secondary N) is 1. The van der Waals surface area contributed by atoms with Crippen LogP contribution in [-0.2, 0) is 4.74 Å². The maximum Gasteiger partial charge on any atom is 0.219 e. The van der Waals surface area contributed by atoms with Crippen molar-refractivity contribution in [2.24, 2.45) is 16.8 Å². The van der Waals surface area contributed by atoms with Gasteiger partial charge < -0.3 is 10.2 Å². The molecular formula is C15H17F2N3O. The minimum Gasteiger partial charge on any atom is -0.433 e. The number of aliphatic imine (C=N–C) groups is 1. The van der Waals surface area contributed by atoms with Crippen LogP contribution in [-0.4, -0.2) is 5.90 Å². The van der Waals surface area contributed by atoms with Crippen LogP contribution < -0.4 is 11.3 Å². The Kier molecular flexibility index (Phi) is 5.05. The third kappa shape index (κ3) is 4.13. The molecule has 0 radical (unpaired) electrons. The largest absolute Gasteiger partial charge is 0.433 e. The molecule has 2 aliphatic rings. The molecular weight excluding hydrogens is 276 g/mol. The highest BCUT2D eigenvalue weighted by molar-refractivity contribution is 5.89. The van der Waals surface area contributed by atoms with Crippen LogP contribution in [0.5, 0.6) is 0 Å². The smallest absolute Gasteiger partial charge is 0.219 e. The van der Waals surface area contributed by atoms with Crippen molar-refractivity contribution in [2.45, 2.75) is 19.8 Å². The van der Waals surface area contributed by atoms with Crippen LogP contribution in [0.1, 0.15) is 19.8 Å². The monoisotopic (exact) mass is 293 g/mol. The van der Waals surface area contributed by atoms with Gasteiger partial charge in [0, 0.05) is 12.1 Å². The SMILES string of the molecule is CC1/C=C/C(OC2=C(F)CC=CC=C2F)=N\C=C(\NN)C1. The molecule has 0 aromatic carbocycles. The van der Waals surface area contributed by atoms with Gasteiger partial charge in [0.1, 0.15) is 5.83 Å². The number of hydrogen-bond acceptors (Lipinski definition) is 4. The second kappa shape index (κ2) is 6.99. The van der Waals surface area contributed by atoms with Crippen LogP contribution >= 0.6 is 0 Å². The normalized spacial score (nSPS) is 29.1. The third-order valence-corrected chi connectivity index (χ3v) is 2.99. The fraction of sp³-hybridized carbons (Fsp3) is 0.267. The van der Waals surface area contributed by atoms with Gasteiger partial charge in [-0.05, 0) is 24.5 Å². The Hall–Kier alpha value is -2.21. The summed E-state index contributed by atoms with van der Waals surface area (Å²) in [5.74, 6) is 3.79. The molecule has 1 aliphatic carbocycles. The van der Waals surface area contributed by atoms with Crippen LogP contribution in [0.2, 0.25) is 0 Å². The second-order valence-corrected chi connectivity index (χ2v) is 4.79. The molecule has 3 N–H and O–H groups in total. The van der Waals surface area contributed by atoms with E-state index in [1.165, 1.54) is 18.4 Å². The minimum absolute atomic E-state index is 0.0158. The van der Waals surface area contributed by atoms with Gasteiger partial charge in [0.05, 0.1) is 6.20 Å². The minimum atomic E-state index is -0.770.